The lowest BCUT2D eigenvalue weighted by atomic mass is 10.1. The molecule has 124 valence electrons. The Morgan fingerprint density at radius 3 is 2.54 bits per heavy atom. The topological polar surface area (TPSA) is 34.2 Å². The molecule has 0 aliphatic heterocycles. The first-order chi connectivity index (χ1) is 11.8. The van der Waals surface area contributed by atoms with Gasteiger partial charge in [-0.05, 0) is 42.7 Å². The van der Waals surface area contributed by atoms with Crippen molar-refractivity contribution >= 4 is 28.6 Å². The maximum absolute atomic E-state index is 5.83. The van der Waals surface area contributed by atoms with Crippen molar-refractivity contribution in [3.8, 4) is 5.75 Å². The quantitative estimate of drug-likeness (QED) is 0.546. The second-order valence-electron chi connectivity index (χ2n) is 5.40. The monoisotopic (exact) mass is 358 g/mol. The first-order valence-corrected chi connectivity index (χ1v) is 9.10. The number of nitrogens with zero attached hydrogens (tertiary/aromatic N) is 1. The number of aromatic nitrogens is 1. The van der Waals surface area contributed by atoms with Crippen LogP contribution in [0, 0.1) is 0 Å². The standard InChI is InChI=1S/C19H19ClN2OS/c20-19-22-14-18(24-19)13-21-16-8-10-17(11-9-16)23-12-4-7-15-5-2-1-3-6-15/h1-3,5-6,8-11,14,21H,4,7,12-13H2. The van der Waals surface area contributed by atoms with Crippen LogP contribution in [0.15, 0.2) is 60.8 Å². The molecule has 0 aliphatic rings. The Labute approximate surface area is 151 Å². The van der Waals surface area contributed by atoms with Gasteiger partial charge in [0.05, 0.1) is 13.2 Å². The van der Waals surface area contributed by atoms with Crippen molar-refractivity contribution in [2.24, 2.45) is 0 Å². The summed E-state index contributed by atoms with van der Waals surface area (Å²) in [5, 5.41) is 3.35. The molecule has 1 heterocycles. The minimum atomic E-state index is 0.575. The lowest BCUT2D eigenvalue weighted by Crippen LogP contribution is -2.00. The van der Waals surface area contributed by atoms with Gasteiger partial charge in [-0.3, -0.25) is 0 Å². The van der Waals surface area contributed by atoms with E-state index in [2.05, 4.69) is 34.6 Å². The molecule has 0 radical (unpaired) electrons. The van der Waals surface area contributed by atoms with Crippen molar-refractivity contribution in [2.45, 2.75) is 19.4 Å². The van der Waals surface area contributed by atoms with Gasteiger partial charge in [-0.25, -0.2) is 4.98 Å². The highest BCUT2D eigenvalue weighted by molar-refractivity contribution is 7.15. The summed E-state index contributed by atoms with van der Waals surface area (Å²) in [4.78, 5) is 5.14. The van der Waals surface area contributed by atoms with E-state index in [9.17, 15) is 0 Å². The highest BCUT2D eigenvalue weighted by Crippen LogP contribution is 2.20. The van der Waals surface area contributed by atoms with E-state index in [0.29, 0.717) is 4.47 Å². The van der Waals surface area contributed by atoms with Crippen molar-refractivity contribution in [1.29, 1.82) is 0 Å². The van der Waals surface area contributed by atoms with Crippen molar-refractivity contribution in [3.63, 3.8) is 0 Å². The van der Waals surface area contributed by atoms with Crippen LogP contribution in [0.4, 0.5) is 5.69 Å². The molecule has 0 bridgehead atoms. The van der Waals surface area contributed by atoms with Gasteiger partial charge < -0.3 is 10.1 Å². The molecule has 0 spiro atoms. The number of rotatable bonds is 8. The van der Waals surface area contributed by atoms with Gasteiger partial charge in [-0.2, -0.15) is 0 Å². The van der Waals surface area contributed by atoms with Crippen LogP contribution in [0.2, 0.25) is 4.47 Å². The maximum atomic E-state index is 5.83. The molecular formula is C19H19ClN2OS. The first kappa shape index (κ1) is 16.8. The number of halogens is 1. The zero-order valence-corrected chi connectivity index (χ0v) is 14.8. The van der Waals surface area contributed by atoms with Crippen LogP contribution in [0.5, 0.6) is 5.75 Å². The maximum Gasteiger partial charge on any atom is 0.183 e. The van der Waals surface area contributed by atoms with E-state index in [1.807, 2.05) is 30.3 Å². The van der Waals surface area contributed by atoms with Crippen LogP contribution in [0.25, 0.3) is 0 Å². The fraction of sp³-hybridized carbons (Fsp3) is 0.211. The molecule has 0 fully saturated rings. The fourth-order valence-electron chi connectivity index (χ4n) is 2.33. The van der Waals surface area contributed by atoms with Gasteiger partial charge >= 0.3 is 0 Å². The van der Waals surface area contributed by atoms with Crippen LogP contribution < -0.4 is 10.1 Å². The summed E-state index contributed by atoms with van der Waals surface area (Å²) in [6.45, 7) is 1.45. The Bertz CT molecular complexity index is 744. The summed E-state index contributed by atoms with van der Waals surface area (Å²) in [5.74, 6) is 0.898. The van der Waals surface area contributed by atoms with E-state index in [1.54, 1.807) is 6.20 Å². The number of hydrogen-bond donors (Lipinski definition) is 1. The number of hydrogen-bond acceptors (Lipinski definition) is 4. The molecule has 0 saturated heterocycles. The summed E-state index contributed by atoms with van der Waals surface area (Å²) >= 11 is 7.31. The Balaban J connectivity index is 1.39. The highest BCUT2D eigenvalue weighted by Gasteiger charge is 2.00. The number of aryl methyl sites for hydroxylation is 1. The third kappa shape index (κ3) is 5.25. The van der Waals surface area contributed by atoms with E-state index >= 15 is 0 Å². The average Bonchev–Trinajstić information content (AvgIpc) is 3.04. The summed E-state index contributed by atoms with van der Waals surface area (Å²) in [6, 6.07) is 18.5. The second kappa shape index (κ2) is 8.71. The predicted octanol–water partition coefficient (Wildman–Crippen LogP) is 5.42. The second-order valence-corrected chi connectivity index (χ2v) is 7.09. The van der Waals surface area contributed by atoms with E-state index < -0.39 is 0 Å². The summed E-state index contributed by atoms with van der Waals surface area (Å²) in [6.07, 6.45) is 3.85. The molecule has 3 rings (SSSR count). The van der Waals surface area contributed by atoms with Crippen LogP contribution in [0.3, 0.4) is 0 Å². The largest absolute Gasteiger partial charge is 0.494 e. The van der Waals surface area contributed by atoms with Crippen LogP contribution in [0.1, 0.15) is 16.9 Å². The zero-order chi connectivity index (χ0) is 16.6. The average molecular weight is 359 g/mol. The van der Waals surface area contributed by atoms with Crippen molar-refractivity contribution in [1.82, 2.24) is 4.98 Å². The third-order valence-electron chi connectivity index (χ3n) is 3.57. The molecule has 0 atom stereocenters. The molecule has 0 unspecified atom stereocenters. The predicted molar refractivity (Wildman–Crippen MR) is 101 cm³/mol. The van der Waals surface area contributed by atoms with Crippen molar-refractivity contribution < 1.29 is 4.74 Å². The Kier molecular flexibility index (Phi) is 6.10. The highest BCUT2D eigenvalue weighted by atomic mass is 35.5. The molecular weight excluding hydrogens is 340 g/mol. The smallest absolute Gasteiger partial charge is 0.183 e. The van der Waals surface area contributed by atoms with Gasteiger partial charge in [-0.1, -0.05) is 41.9 Å². The van der Waals surface area contributed by atoms with Crippen LogP contribution in [-0.4, -0.2) is 11.6 Å². The van der Waals surface area contributed by atoms with Gasteiger partial charge in [0.15, 0.2) is 4.47 Å². The Morgan fingerprint density at radius 2 is 1.83 bits per heavy atom. The fourth-order valence-corrected chi connectivity index (χ4v) is 3.25. The number of benzene rings is 2. The number of ether oxygens (including phenoxy) is 1. The number of thiazole rings is 1. The first-order valence-electron chi connectivity index (χ1n) is 7.90. The molecule has 3 aromatic rings. The molecule has 0 amide bonds. The molecule has 5 heteroatoms. The van der Waals surface area contributed by atoms with Gasteiger partial charge in [0.2, 0.25) is 0 Å². The summed E-state index contributed by atoms with van der Waals surface area (Å²) < 4.78 is 6.37. The van der Waals surface area contributed by atoms with Crippen LogP contribution in [-0.2, 0) is 13.0 Å². The molecule has 3 nitrogen and oxygen atoms in total. The Morgan fingerprint density at radius 1 is 1.04 bits per heavy atom. The van der Waals surface area contributed by atoms with Gasteiger partial charge in [0.25, 0.3) is 0 Å². The van der Waals surface area contributed by atoms with Gasteiger partial charge in [-0.15, -0.1) is 11.3 Å². The molecule has 24 heavy (non-hydrogen) atoms. The minimum Gasteiger partial charge on any atom is -0.494 e. The summed E-state index contributed by atoms with van der Waals surface area (Å²) in [7, 11) is 0. The van der Waals surface area contributed by atoms with E-state index in [-0.39, 0.29) is 0 Å². The lowest BCUT2D eigenvalue weighted by Gasteiger charge is -2.08. The minimum absolute atomic E-state index is 0.575. The normalized spacial score (nSPS) is 10.5. The number of nitrogens with one attached hydrogen (secondary N) is 1. The Hall–Kier alpha value is -2.04. The van der Waals surface area contributed by atoms with E-state index in [1.165, 1.54) is 16.9 Å². The molecule has 1 N–H and O–H groups in total. The lowest BCUT2D eigenvalue weighted by molar-refractivity contribution is 0.311. The van der Waals surface area contributed by atoms with Crippen LogP contribution >= 0.6 is 22.9 Å². The molecule has 1 aromatic heterocycles. The van der Waals surface area contributed by atoms with Gasteiger partial charge in [0, 0.05) is 16.8 Å². The molecule has 0 saturated carbocycles. The number of anilines is 1. The SMILES string of the molecule is Clc1ncc(CNc2ccc(OCCCc3ccccc3)cc2)s1. The zero-order valence-electron chi connectivity index (χ0n) is 13.2. The summed E-state index contributed by atoms with van der Waals surface area (Å²) in [5.41, 5.74) is 2.40. The van der Waals surface area contributed by atoms with E-state index in [4.69, 9.17) is 16.3 Å². The van der Waals surface area contributed by atoms with E-state index in [0.717, 1.165) is 42.3 Å². The third-order valence-corrected chi connectivity index (χ3v) is 4.68. The van der Waals surface area contributed by atoms with Crippen molar-refractivity contribution in [3.05, 3.63) is 75.7 Å². The van der Waals surface area contributed by atoms with Crippen molar-refractivity contribution in [2.75, 3.05) is 11.9 Å². The molecule has 0 aliphatic carbocycles. The molecule has 2 aromatic carbocycles. The van der Waals surface area contributed by atoms with Gasteiger partial charge in [0.1, 0.15) is 5.75 Å².